The van der Waals surface area contributed by atoms with Crippen molar-refractivity contribution in [2.24, 2.45) is 0 Å². The maximum atomic E-state index is 12.9. The Morgan fingerprint density at radius 1 is 1.30 bits per heavy atom. The van der Waals surface area contributed by atoms with Gasteiger partial charge >= 0.3 is 0 Å². The number of hydrogen-bond acceptors (Lipinski definition) is 4. The minimum atomic E-state index is -0.544. The van der Waals surface area contributed by atoms with E-state index < -0.39 is 6.04 Å². The van der Waals surface area contributed by atoms with Gasteiger partial charge in [0.05, 0.1) is 23.9 Å². The molecule has 1 saturated heterocycles. The average Bonchev–Trinajstić information content (AvgIpc) is 3.18. The number of rotatable bonds is 5. The number of hydrogen-bond donors (Lipinski definition) is 1. The van der Waals surface area contributed by atoms with E-state index in [1.807, 2.05) is 59.7 Å². The smallest absolute Gasteiger partial charge is 0.250 e. The number of para-hydroxylation sites is 2. The lowest BCUT2D eigenvalue weighted by molar-refractivity contribution is -0.133. The summed E-state index contributed by atoms with van der Waals surface area (Å²) in [5, 5.41) is 11.8. The fraction of sp³-hybridized carbons (Fsp3) is 0.286. The summed E-state index contributed by atoms with van der Waals surface area (Å²) >= 11 is 0. The van der Waals surface area contributed by atoms with E-state index in [0.29, 0.717) is 18.7 Å². The molecule has 2 aliphatic rings. The van der Waals surface area contributed by atoms with Crippen LogP contribution in [0.25, 0.3) is 0 Å². The number of likely N-dealkylation sites (tertiary alicyclic amines) is 1. The maximum Gasteiger partial charge on any atom is 0.250 e. The van der Waals surface area contributed by atoms with Crippen LogP contribution in [-0.2, 0) is 9.59 Å². The predicted molar refractivity (Wildman–Crippen MR) is 105 cm³/mol. The van der Waals surface area contributed by atoms with E-state index >= 15 is 0 Å². The molecule has 0 radical (unpaired) electrons. The maximum absolute atomic E-state index is 12.9. The molecule has 0 unspecified atom stereocenters. The number of carbonyl (C=O) groups is 2. The van der Waals surface area contributed by atoms with E-state index in [4.69, 9.17) is 5.26 Å². The predicted octanol–water partition coefficient (Wildman–Crippen LogP) is 2.98. The van der Waals surface area contributed by atoms with Crippen LogP contribution < -0.4 is 10.2 Å². The SMILES string of the molecule is C=C(CC#N)C(=O)N1CCC[C@H]1C(=O)Nc1ccccc1N1C=CC=CC1. The summed E-state index contributed by atoms with van der Waals surface area (Å²) in [5.41, 5.74) is 1.83. The Morgan fingerprint density at radius 2 is 2.11 bits per heavy atom. The second-order valence-corrected chi connectivity index (χ2v) is 6.52. The number of amides is 2. The number of allylic oxidation sites excluding steroid dienone is 2. The Labute approximate surface area is 159 Å². The molecule has 27 heavy (non-hydrogen) atoms. The van der Waals surface area contributed by atoms with Crippen LogP contribution >= 0.6 is 0 Å². The van der Waals surface area contributed by atoms with E-state index in [1.165, 1.54) is 4.90 Å². The third-order valence-corrected chi connectivity index (χ3v) is 4.70. The van der Waals surface area contributed by atoms with E-state index in [2.05, 4.69) is 11.9 Å². The number of nitriles is 1. The van der Waals surface area contributed by atoms with Gasteiger partial charge in [0.1, 0.15) is 6.04 Å². The molecule has 0 aliphatic carbocycles. The van der Waals surface area contributed by atoms with Gasteiger partial charge in [-0.1, -0.05) is 30.9 Å². The molecule has 2 heterocycles. The number of carbonyl (C=O) groups excluding carboxylic acids is 2. The molecular formula is C21H22N4O2. The standard InChI is InChI=1S/C21H22N4O2/c1-16(11-12-22)21(27)25-15-7-10-19(25)20(26)23-17-8-3-4-9-18(17)24-13-5-2-6-14-24/h2-6,8-9,13,19H,1,7,10-11,14-15H2,(H,23,26)/t19-/m0/s1. The van der Waals surface area contributed by atoms with Crippen molar-refractivity contribution < 1.29 is 9.59 Å². The average molecular weight is 362 g/mol. The zero-order valence-electron chi connectivity index (χ0n) is 15.1. The number of nitrogens with one attached hydrogen (secondary N) is 1. The third-order valence-electron chi connectivity index (χ3n) is 4.70. The normalized spacial score (nSPS) is 18.3. The van der Waals surface area contributed by atoms with Gasteiger partial charge in [-0.25, -0.2) is 0 Å². The monoisotopic (exact) mass is 362 g/mol. The van der Waals surface area contributed by atoms with E-state index in [-0.39, 0.29) is 23.8 Å². The Kier molecular flexibility index (Phi) is 5.72. The number of benzene rings is 1. The third kappa shape index (κ3) is 4.09. The van der Waals surface area contributed by atoms with Crippen LogP contribution in [0.2, 0.25) is 0 Å². The Bertz CT molecular complexity index is 850. The molecule has 1 aromatic rings. The van der Waals surface area contributed by atoms with Crippen LogP contribution in [0.4, 0.5) is 11.4 Å². The molecule has 2 amide bonds. The van der Waals surface area contributed by atoms with E-state index in [1.54, 1.807) is 0 Å². The van der Waals surface area contributed by atoms with Crippen molar-refractivity contribution in [2.45, 2.75) is 25.3 Å². The van der Waals surface area contributed by atoms with Gasteiger partial charge in [0.25, 0.3) is 5.91 Å². The van der Waals surface area contributed by atoms with Crippen molar-refractivity contribution in [1.82, 2.24) is 4.90 Å². The largest absolute Gasteiger partial charge is 0.342 e. The summed E-state index contributed by atoms with van der Waals surface area (Å²) in [6.07, 6.45) is 9.26. The van der Waals surface area contributed by atoms with Crippen LogP contribution in [0.5, 0.6) is 0 Å². The molecule has 1 N–H and O–H groups in total. The van der Waals surface area contributed by atoms with Gasteiger partial charge in [0.15, 0.2) is 0 Å². The van der Waals surface area contributed by atoms with Crippen molar-refractivity contribution in [2.75, 3.05) is 23.3 Å². The summed E-state index contributed by atoms with van der Waals surface area (Å²) in [4.78, 5) is 29.0. The highest BCUT2D eigenvalue weighted by Crippen LogP contribution is 2.28. The second-order valence-electron chi connectivity index (χ2n) is 6.52. The highest BCUT2D eigenvalue weighted by atomic mass is 16.2. The fourth-order valence-corrected chi connectivity index (χ4v) is 3.35. The minimum Gasteiger partial charge on any atom is -0.342 e. The number of anilines is 2. The molecule has 1 aromatic carbocycles. The quantitative estimate of drug-likeness (QED) is 0.817. The van der Waals surface area contributed by atoms with Crippen LogP contribution in [0.15, 0.2) is 60.8 Å². The van der Waals surface area contributed by atoms with Gasteiger partial charge in [-0.3, -0.25) is 9.59 Å². The summed E-state index contributed by atoms with van der Waals surface area (Å²) in [7, 11) is 0. The summed E-state index contributed by atoms with van der Waals surface area (Å²) in [6.45, 7) is 4.91. The number of nitrogens with zero attached hydrogens (tertiary/aromatic N) is 3. The van der Waals surface area contributed by atoms with Gasteiger partial charge in [-0.05, 0) is 31.1 Å². The lowest BCUT2D eigenvalue weighted by Gasteiger charge is -2.27. The van der Waals surface area contributed by atoms with Crippen LogP contribution in [0.1, 0.15) is 19.3 Å². The molecule has 6 nitrogen and oxygen atoms in total. The zero-order chi connectivity index (χ0) is 19.2. The van der Waals surface area contributed by atoms with Gasteiger partial charge in [0, 0.05) is 24.9 Å². The first kappa shape index (κ1) is 18.5. The van der Waals surface area contributed by atoms with Gasteiger partial charge in [-0.15, -0.1) is 0 Å². The Hall–Kier alpha value is -3.33. The molecule has 0 bridgehead atoms. The highest BCUT2D eigenvalue weighted by molar-refractivity contribution is 6.02. The van der Waals surface area contributed by atoms with Crippen LogP contribution in [0, 0.1) is 11.3 Å². The fourth-order valence-electron chi connectivity index (χ4n) is 3.35. The molecule has 0 aromatic heterocycles. The molecule has 138 valence electrons. The molecule has 0 spiro atoms. The minimum absolute atomic E-state index is 0.0265. The molecule has 2 aliphatic heterocycles. The highest BCUT2D eigenvalue weighted by Gasteiger charge is 2.35. The first-order chi connectivity index (χ1) is 13.1. The molecule has 3 rings (SSSR count). The van der Waals surface area contributed by atoms with Crippen molar-refractivity contribution >= 4 is 23.2 Å². The van der Waals surface area contributed by atoms with Crippen molar-refractivity contribution in [3.63, 3.8) is 0 Å². The lowest BCUT2D eigenvalue weighted by Crippen LogP contribution is -2.43. The molecule has 0 saturated carbocycles. The van der Waals surface area contributed by atoms with Gasteiger partial charge < -0.3 is 15.1 Å². The van der Waals surface area contributed by atoms with Gasteiger partial charge in [0.2, 0.25) is 5.91 Å². The topological polar surface area (TPSA) is 76.4 Å². The summed E-state index contributed by atoms with van der Waals surface area (Å²) in [6, 6.07) is 8.99. The molecule has 6 heteroatoms. The van der Waals surface area contributed by atoms with Crippen molar-refractivity contribution in [1.29, 1.82) is 5.26 Å². The summed E-state index contributed by atoms with van der Waals surface area (Å²) < 4.78 is 0. The Balaban J connectivity index is 1.75. The van der Waals surface area contributed by atoms with Crippen molar-refractivity contribution in [3.05, 3.63) is 60.8 Å². The first-order valence-electron chi connectivity index (χ1n) is 8.97. The first-order valence-corrected chi connectivity index (χ1v) is 8.97. The molecule has 1 atom stereocenters. The molecular weight excluding hydrogens is 340 g/mol. The van der Waals surface area contributed by atoms with Crippen LogP contribution in [-0.4, -0.2) is 35.8 Å². The summed E-state index contributed by atoms with van der Waals surface area (Å²) in [5.74, 6) is -0.527. The molecule has 1 fully saturated rings. The Morgan fingerprint density at radius 3 is 2.85 bits per heavy atom. The van der Waals surface area contributed by atoms with Crippen molar-refractivity contribution in [3.8, 4) is 6.07 Å². The van der Waals surface area contributed by atoms with E-state index in [0.717, 1.165) is 18.7 Å². The van der Waals surface area contributed by atoms with Gasteiger partial charge in [-0.2, -0.15) is 5.26 Å². The second kappa shape index (κ2) is 8.37. The lowest BCUT2D eigenvalue weighted by atomic mass is 10.1. The zero-order valence-corrected chi connectivity index (χ0v) is 15.1. The van der Waals surface area contributed by atoms with E-state index in [9.17, 15) is 9.59 Å². The van der Waals surface area contributed by atoms with Crippen LogP contribution in [0.3, 0.4) is 0 Å².